The molecule has 0 aliphatic heterocycles. The van der Waals surface area contributed by atoms with Crippen LogP contribution in [0.4, 0.5) is 10.1 Å². The lowest BCUT2D eigenvalue weighted by Crippen LogP contribution is -2.17. The van der Waals surface area contributed by atoms with Gasteiger partial charge in [0.25, 0.3) is 5.91 Å². The molecule has 0 aliphatic carbocycles. The van der Waals surface area contributed by atoms with Crippen molar-refractivity contribution in [3.8, 4) is 5.69 Å². The third-order valence-corrected chi connectivity index (χ3v) is 5.11. The molecule has 0 saturated heterocycles. The summed E-state index contributed by atoms with van der Waals surface area (Å²) < 4.78 is 16.4. The zero-order valence-electron chi connectivity index (χ0n) is 16.2. The lowest BCUT2D eigenvalue weighted by atomic mass is 9.98. The molecule has 0 unspecified atom stereocenters. The van der Waals surface area contributed by atoms with Crippen molar-refractivity contribution < 1.29 is 14.0 Å². The Morgan fingerprint density at radius 2 is 1.71 bits per heavy atom. The van der Waals surface area contributed by atoms with E-state index < -0.39 is 11.7 Å². The van der Waals surface area contributed by atoms with Crippen LogP contribution in [0.25, 0.3) is 5.69 Å². The number of benzene rings is 3. The monoisotopic (exact) mass is 479 g/mol. The van der Waals surface area contributed by atoms with Crippen LogP contribution in [0.2, 0.25) is 0 Å². The highest BCUT2D eigenvalue weighted by Crippen LogP contribution is 2.21. The van der Waals surface area contributed by atoms with E-state index in [4.69, 9.17) is 0 Å². The third kappa shape index (κ3) is 4.26. The van der Waals surface area contributed by atoms with Crippen molar-refractivity contribution in [3.05, 3.63) is 99.5 Å². The maximum Gasteiger partial charge on any atom is 0.256 e. The minimum absolute atomic E-state index is 0.0968. The Labute approximate surface area is 185 Å². The molecule has 1 amide bonds. The molecular weight excluding hydrogens is 465 g/mol. The number of nitrogens with zero attached hydrogens (tertiary/aromatic N) is 4. The average Bonchev–Trinajstić information content (AvgIpc) is 3.20. The number of hydrogen-bond donors (Lipinski definition) is 1. The quantitative estimate of drug-likeness (QED) is 0.429. The number of rotatable bonds is 5. The summed E-state index contributed by atoms with van der Waals surface area (Å²) in [6.07, 6.45) is 0. The molecule has 7 nitrogen and oxygen atoms in total. The van der Waals surface area contributed by atoms with Gasteiger partial charge in [0.15, 0.2) is 11.6 Å². The molecule has 1 aromatic heterocycles. The summed E-state index contributed by atoms with van der Waals surface area (Å²) >= 11 is 3.34. The minimum Gasteiger partial charge on any atom is -0.322 e. The lowest BCUT2D eigenvalue weighted by molar-refractivity contribution is 0.0996. The van der Waals surface area contributed by atoms with E-state index in [1.54, 1.807) is 55.5 Å². The third-order valence-electron chi connectivity index (χ3n) is 4.58. The van der Waals surface area contributed by atoms with Gasteiger partial charge in [0.2, 0.25) is 0 Å². The number of anilines is 1. The van der Waals surface area contributed by atoms with Gasteiger partial charge in [0.1, 0.15) is 11.5 Å². The first-order chi connectivity index (χ1) is 14.9. The van der Waals surface area contributed by atoms with Crippen LogP contribution in [-0.4, -0.2) is 31.9 Å². The summed E-state index contributed by atoms with van der Waals surface area (Å²) in [6.45, 7) is 1.63. The molecule has 154 valence electrons. The highest BCUT2D eigenvalue weighted by atomic mass is 79.9. The molecule has 0 aliphatic rings. The maximum absolute atomic E-state index is 14.3. The number of aryl methyl sites for hydroxylation is 1. The van der Waals surface area contributed by atoms with E-state index in [0.717, 1.165) is 4.47 Å². The van der Waals surface area contributed by atoms with Gasteiger partial charge in [-0.25, -0.2) is 4.39 Å². The molecule has 4 rings (SSSR count). The van der Waals surface area contributed by atoms with Crippen LogP contribution < -0.4 is 5.32 Å². The summed E-state index contributed by atoms with van der Waals surface area (Å²) in [7, 11) is 0. The summed E-state index contributed by atoms with van der Waals surface area (Å²) in [5.41, 5.74) is 1.37. The number of hydrogen-bond acceptors (Lipinski definition) is 5. The van der Waals surface area contributed by atoms with Crippen LogP contribution in [-0.2, 0) is 0 Å². The zero-order chi connectivity index (χ0) is 22.0. The van der Waals surface area contributed by atoms with Crippen LogP contribution in [0.1, 0.15) is 32.1 Å². The van der Waals surface area contributed by atoms with Gasteiger partial charge in [0, 0.05) is 21.3 Å². The number of halogens is 2. The highest BCUT2D eigenvalue weighted by Gasteiger charge is 2.19. The Bertz CT molecular complexity index is 1290. The Hall–Kier alpha value is -3.72. The molecule has 1 N–H and O–H groups in total. The van der Waals surface area contributed by atoms with E-state index >= 15 is 0 Å². The number of carbonyl (C=O) groups is 2. The second-order valence-corrected chi connectivity index (χ2v) is 7.56. The van der Waals surface area contributed by atoms with Crippen LogP contribution >= 0.6 is 15.9 Å². The van der Waals surface area contributed by atoms with E-state index in [9.17, 15) is 14.0 Å². The second-order valence-electron chi connectivity index (χ2n) is 6.64. The predicted octanol–water partition coefficient (Wildman–Crippen LogP) is 4.36. The van der Waals surface area contributed by atoms with Gasteiger partial charge >= 0.3 is 0 Å². The minimum atomic E-state index is -0.542. The molecule has 9 heteroatoms. The standard InChI is InChI=1S/C22H15BrFN5O2/c1-13-26-27-28-29(13)20-12-16(10-11-19(20)24)25-22(31)18-5-3-2-4-17(18)21(30)14-6-8-15(23)9-7-14/h2-12H,1H3,(H,25,31). The fourth-order valence-electron chi connectivity index (χ4n) is 3.04. The second kappa shape index (κ2) is 8.57. The highest BCUT2D eigenvalue weighted by molar-refractivity contribution is 9.10. The Morgan fingerprint density at radius 3 is 2.39 bits per heavy atom. The molecule has 0 bridgehead atoms. The summed E-state index contributed by atoms with van der Waals surface area (Å²) in [5, 5.41) is 13.7. The lowest BCUT2D eigenvalue weighted by Gasteiger charge is -2.11. The van der Waals surface area contributed by atoms with Crippen molar-refractivity contribution >= 4 is 33.3 Å². The molecule has 4 aromatic rings. The topological polar surface area (TPSA) is 89.8 Å². The molecule has 0 radical (unpaired) electrons. The van der Waals surface area contributed by atoms with Gasteiger partial charge in [0.05, 0.1) is 5.56 Å². The number of tetrazole rings is 1. The van der Waals surface area contributed by atoms with E-state index in [2.05, 4.69) is 36.8 Å². The molecule has 0 saturated carbocycles. The number of aromatic nitrogens is 4. The van der Waals surface area contributed by atoms with E-state index in [1.165, 1.54) is 22.9 Å². The van der Waals surface area contributed by atoms with Gasteiger partial charge in [-0.05, 0) is 65.9 Å². The molecule has 3 aromatic carbocycles. The van der Waals surface area contributed by atoms with Crippen LogP contribution in [0.15, 0.2) is 71.2 Å². The fourth-order valence-corrected chi connectivity index (χ4v) is 3.31. The van der Waals surface area contributed by atoms with Crippen molar-refractivity contribution in [3.63, 3.8) is 0 Å². The summed E-state index contributed by atoms with van der Waals surface area (Å²) in [4.78, 5) is 25.9. The summed E-state index contributed by atoms with van der Waals surface area (Å²) in [6, 6.07) is 17.5. The number of carbonyl (C=O) groups excluding carboxylic acids is 2. The summed E-state index contributed by atoms with van der Waals surface area (Å²) in [5.74, 6) is -0.915. The van der Waals surface area contributed by atoms with Crippen molar-refractivity contribution in [1.29, 1.82) is 0 Å². The molecule has 0 atom stereocenters. The van der Waals surface area contributed by atoms with Gasteiger partial charge in [-0.1, -0.05) is 34.1 Å². The van der Waals surface area contributed by atoms with Crippen molar-refractivity contribution in [2.45, 2.75) is 6.92 Å². The van der Waals surface area contributed by atoms with Crippen LogP contribution in [0.3, 0.4) is 0 Å². The number of ketones is 1. The number of amides is 1. The van der Waals surface area contributed by atoms with E-state index in [0.29, 0.717) is 17.1 Å². The molecular formula is C22H15BrFN5O2. The smallest absolute Gasteiger partial charge is 0.256 e. The zero-order valence-corrected chi connectivity index (χ0v) is 17.8. The first-order valence-electron chi connectivity index (χ1n) is 9.19. The van der Waals surface area contributed by atoms with Gasteiger partial charge < -0.3 is 5.32 Å². The number of nitrogens with one attached hydrogen (secondary N) is 1. The molecule has 31 heavy (non-hydrogen) atoms. The van der Waals surface area contributed by atoms with Crippen molar-refractivity contribution in [2.24, 2.45) is 0 Å². The van der Waals surface area contributed by atoms with Crippen LogP contribution in [0, 0.1) is 12.7 Å². The normalized spacial score (nSPS) is 10.7. The average molecular weight is 480 g/mol. The molecule has 0 fully saturated rings. The Morgan fingerprint density at radius 1 is 1.00 bits per heavy atom. The predicted molar refractivity (Wildman–Crippen MR) is 116 cm³/mol. The van der Waals surface area contributed by atoms with Crippen molar-refractivity contribution in [2.75, 3.05) is 5.32 Å². The first-order valence-corrected chi connectivity index (χ1v) is 9.99. The maximum atomic E-state index is 14.3. The largest absolute Gasteiger partial charge is 0.322 e. The Kier molecular flexibility index (Phi) is 5.68. The van der Waals surface area contributed by atoms with E-state index in [-0.39, 0.29) is 22.6 Å². The fraction of sp³-hybridized carbons (Fsp3) is 0.0455. The Balaban J connectivity index is 1.64. The SMILES string of the molecule is Cc1nnnn1-c1cc(NC(=O)c2ccccc2C(=O)c2ccc(Br)cc2)ccc1F. The molecule has 1 heterocycles. The van der Waals surface area contributed by atoms with Gasteiger partial charge in [-0.15, -0.1) is 5.10 Å². The van der Waals surface area contributed by atoms with E-state index in [1.807, 2.05) is 0 Å². The first kappa shape index (κ1) is 20.5. The van der Waals surface area contributed by atoms with Crippen LogP contribution in [0.5, 0.6) is 0 Å². The van der Waals surface area contributed by atoms with Gasteiger partial charge in [-0.2, -0.15) is 4.68 Å². The molecule has 0 spiro atoms. The van der Waals surface area contributed by atoms with Crippen molar-refractivity contribution in [1.82, 2.24) is 20.2 Å². The van der Waals surface area contributed by atoms with Gasteiger partial charge in [-0.3, -0.25) is 9.59 Å².